The van der Waals surface area contributed by atoms with Crippen LogP contribution in [0.25, 0.3) is 0 Å². The molecule has 0 atom stereocenters. The number of carbonyl (C=O) groups excluding carboxylic acids is 1. The minimum Gasteiger partial charge on any atom is -0.280 e. The van der Waals surface area contributed by atoms with Gasteiger partial charge in [-0.15, -0.1) is 0 Å². The Morgan fingerprint density at radius 2 is 1.42 bits per heavy atom. The standard InChI is InChI=1S/C19H15N3O7S2/c23-19(14-5-2-1-3-6-14)21-30(26,27)17-11-9-15(10-12-17)20-31(28,29)18-8-4-7-16(13-18)22(24)25/h1-13,20H,(H,21,23). The van der Waals surface area contributed by atoms with Gasteiger partial charge in [-0.3, -0.25) is 19.6 Å². The van der Waals surface area contributed by atoms with Crippen LogP contribution in [-0.4, -0.2) is 27.7 Å². The van der Waals surface area contributed by atoms with E-state index in [1.807, 2.05) is 4.72 Å². The van der Waals surface area contributed by atoms with Gasteiger partial charge in [0.1, 0.15) is 0 Å². The summed E-state index contributed by atoms with van der Waals surface area (Å²) >= 11 is 0. The van der Waals surface area contributed by atoms with Crippen LogP contribution in [0.2, 0.25) is 0 Å². The van der Waals surface area contributed by atoms with Gasteiger partial charge in [0, 0.05) is 23.4 Å². The molecule has 2 N–H and O–H groups in total. The molecule has 0 aliphatic heterocycles. The minimum absolute atomic E-state index is 0.0276. The number of non-ortho nitro benzene ring substituents is 1. The zero-order valence-corrected chi connectivity index (χ0v) is 17.3. The van der Waals surface area contributed by atoms with Crippen molar-refractivity contribution in [2.24, 2.45) is 0 Å². The quantitative estimate of drug-likeness (QED) is 0.405. The molecule has 3 aromatic carbocycles. The number of rotatable bonds is 7. The minimum atomic E-state index is -4.19. The number of sulfonamides is 2. The van der Waals surface area contributed by atoms with E-state index in [4.69, 9.17) is 0 Å². The topological polar surface area (TPSA) is 153 Å². The maximum absolute atomic E-state index is 12.5. The number of nitrogens with zero attached hydrogens (tertiary/aromatic N) is 1. The molecule has 0 bridgehead atoms. The smallest absolute Gasteiger partial charge is 0.270 e. The van der Waals surface area contributed by atoms with E-state index in [1.54, 1.807) is 18.2 Å². The predicted octanol–water partition coefficient (Wildman–Crippen LogP) is 2.51. The molecule has 0 spiro atoms. The van der Waals surface area contributed by atoms with Gasteiger partial charge >= 0.3 is 0 Å². The number of nitro benzene ring substituents is 1. The molecule has 0 unspecified atom stereocenters. The summed E-state index contributed by atoms with van der Waals surface area (Å²) < 4.78 is 53.8. The lowest BCUT2D eigenvalue weighted by Crippen LogP contribution is -2.30. The number of nitrogens with one attached hydrogen (secondary N) is 2. The summed E-state index contributed by atoms with van der Waals surface area (Å²) in [6.45, 7) is 0. The normalized spacial score (nSPS) is 11.5. The summed E-state index contributed by atoms with van der Waals surface area (Å²) in [5.74, 6) is -0.809. The first-order chi connectivity index (χ1) is 14.6. The van der Waals surface area contributed by atoms with Crippen LogP contribution in [-0.2, 0) is 20.0 Å². The van der Waals surface area contributed by atoms with E-state index in [0.29, 0.717) is 0 Å². The van der Waals surface area contributed by atoms with Crippen LogP contribution in [0.1, 0.15) is 10.4 Å². The van der Waals surface area contributed by atoms with Crippen molar-refractivity contribution in [1.82, 2.24) is 4.72 Å². The van der Waals surface area contributed by atoms with Gasteiger partial charge < -0.3 is 0 Å². The number of carbonyl (C=O) groups is 1. The lowest BCUT2D eigenvalue weighted by Gasteiger charge is -2.10. The highest BCUT2D eigenvalue weighted by Gasteiger charge is 2.20. The van der Waals surface area contributed by atoms with E-state index >= 15 is 0 Å². The molecule has 31 heavy (non-hydrogen) atoms. The van der Waals surface area contributed by atoms with Crippen molar-refractivity contribution in [3.8, 4) is 0 Å². The van der Waals surface area contributed by atoms with Gasteiger partial charge in [0.25, 0.3) is 31.6 Å². The molecule has 0 fully saturated rings. The lowest BCUT2D eigenvalue weighted by molar-refractivity contribution is -0.385. The third-order valence-electron chi connectivity index (χ3n) is 4.02. The predicted molar refractivity (Wildman–Crippen MR) is 111 cm³/mol. The van der Waals surface area contributed by atoms with Crippen LogP contribution in [0.3, 0.4) is 0 Å². The summed E-state index contributed by atoms with van der Waals surface area (Å²) in [5, 5.41) is 10.8. The van der Waals surface area contributed by atoms with Crippen molar-refractivity contribution < 1.29 is 26.6 Å². The fourth-order valence-electron chi connectivity index (χ4n) is 2.51. The molecule has 0 heterocycles. The lowest BCUT2D eigenvalue weighted by atomic mass is 10.2. The molecule has 10 nitrogen and oxygen atoms in total. The number of anilines is 1. The van der Waals surface area contributed by atoms with Gasteiger partial charge in [-0.05, 0) is 42.5 Å². The van der Waals surface area contributed by atoms with Gasteiger partial charge in [0.05, 0.1) is 14.7 Å². The number of benzene rings is 3. The van der Waals surface area contributed by atoms with E-state index in [0.717, 1.165) is 24.3 Å². The average molecular weight is 461 g/mol. The van der Waals surface area contributed by atoms with Gasteiger partial charge in [-0.25, -0.2) is 21.6 Å². The van der Waals surface area contributed by atoms with Crippen molar-refractivity contribution in [3.05, 3.63) is 94.5 Å². The first-order valence-electron chi connectivity index (χ1n) is 8.58. The molecule has 0 aromatic heterocycles. The molecule has 0 aliphatic rings. The Morgan fingerprint density at radius 3 is 2.03 bits per heavy atom. The monoisotopic (exact) mass is 461 g/mol. The second kappa shape index (κ2) is 8.53. The van der Waals surface area contributed by atoms with Gasteiger partial charge in [0.15, 0.2) is 0 Å². The summed E-state index contributed by atoms with van der Waals surface area (Å²) in [6.07, 6.45) is 0. The molecule has 12 heteroatoms. The van der Waals surface area contributed by atoms with Crippen LogP contribution in [0, 0.1) is 10.1 Å². The Hall–Kier alpha value is -3.77. The highest BCUT2D eigenvalue weighted by molar-refractivity contribution is 7.92. The van der Waals surface area contributed by atoms with Crippen molar-refractivity contribution in [1.29, 1.82) is 0 Å². The molecular weight excluding hydrogens is 446 g/mol. The maximum atomic E-state index is 12.5. The Bertz CT molecular complexity index is 1340. The zero-order valence-electron chi connectivity index (χ0n) is 15.6. The van der Waals surface area contributed by atoms with Crippen LogP contribution in [0.15, 0.2) is 88.7 Å². The molecule has 3 aromatic rings. The number of amides is 1. The average Bonchev–Trinajstić information content (AvgIpc) is 2.74. The largest absolute Gasteiger partial charge is 0.280 e. The Labute approximate surface area is 177 Å². The number of nitro groups is 1. The summed E-state index contributed by atoms with van der Waals surface area (Å²) in [7, 11) is -8.33. The fourth-order valence-corrected chi connectivity index (χ4v) is 4.58. The third kappa shape index (κ3) is 5.24. The third-order valence-corrected chi connectivity index (χ3v) is 6.74. The molecule has 3 rings (SSSR count). The Morgan fingerprint density at radius 1 is 0.774 bits per heavy atom. The van der Waals surface area contributed by atoms with Crippen LogP contribution in [0.4, 0.5) is 11.4 Å². The van der Waals surface area contributed by atoms with Gasteiger partial charge in [-0.1, -0.05) is 24.3 Å². The van der Waals surface area contributed by atoms with Crippen LogP contribution < -0.4 is 9.44 Å². The summed E-state index contributed by atoms with van der Waals surface area (Å²) in [4.78, 5) is 21.6. The SMILES string of the molecule is O=C(NS(=O)(=O)c1ccc(NS(=O)(=O)c2cccc([N+](=O)[O-])c2)cc1)c1ccccc1. The summed E-state index contributed by atoms with van der Waals surface area (Å²) in [5.41, 5.74) is -0.203. The fraction of sp³-hybridized carbons (Fsp3) is 0. The van der Waals surface area contributed by atoms with Gasteiger partial charge in [0.2, 0.25) is 0 Å². The van der Waals surface area contributed by atoms with E-state index < -0.39 is 36.6 Å². The first kappa shape index (κ1) is 21.9. The van der Waals surface area contributed by atoms with E-state index in [9.17, 15) is 31.7 Å². The van der Waals surface area contributed by atoms with Crippen LogP contribution in [0.5, 0.6) is 0 Å². The zero-order chi connectivity index (χ0) is 22.6. The maximum Gasteiger partial charge on any atom is 0.270 e. The van der Waals surface area contributed by atoms with Crippen molar-refractivity contribution in [2.45, 2.75) is 9.79 Å². The van der Waals surface area contributed by atoms with Crippen molar-refractivity contribution >= 4 is 37.3 Å². The van der Waals surface area contributed by atoms with E-state index in [1.165, 1.54) is 36.4 Å². The van der Waals surface area contributed by atoms with Crippen molar-refractivity contribution in [2.75, 3.05) is 4.72 Å². The second-order valence-corrected chi connectivity index (χ2v) is 9.55. The molecule has 0 saturated heterocycles. The second-order valence-electron chi connectivity index (χ2n) is 6.18. The number of hydrogen-bond acceptors (Lipinski definition) is 7. The highest BCUT2D eigenvalue weighted by Crippen LogP contribution is 2.21. The molecular formula is C19H15N3O7S2. The molecule has 0 saturated carbocycles. The number of hydrogen-bond donors (Lipinski definition) is 2. The Balaban J connectivity index is 1.77. The Kier molecular flexibility index (Phi) is 6.04. The molecule has 0 radical (unpaired) electrons. The summed E-state index contributed by atoms with van der Waals surface area (Å²) in [6, 6.07) is 16.9. The van der Waals surface area contributed by atoms with Crippen molar-refractivity contribution in [3.63, 3.8) is 0 Å². The molecule has 0 aliphatic carbocycles. The van der Waals surface area contributed by atoms with E-state index in [2.05, 4.69) is 4.72 Å². The van der Waals surface area contributed by atoms with E-state index in [-0.39, 0.29) is 21.0 Å². The van der Waals surface area contributed by atoms with Gasteiger partial charge in [-0.2, -0.15) is 0 Å². The molecule has 1 amide bonds. The first-order valence-corrected chi connectivity index (χ1v) is 11.5. The molecule has 160 valence electrons. The van der Waals surface area contributed by atoms with Crippen LogP contribution >= 0.6 is 0 Å². The highest BCUT2D eigenvalue weighted by atomic mass is 32.2.